The van der Waals surface area contributed by atoms with Crippen LogP contribution in [-0.2, 0) is 22.6 Å². The van der Waals surface area contributed by atoms with Gasteiger partial charge in [-0.05, 0) is 54.7 Å². The average molecular weight is 507 g/mol. The van der Waals surface area contributed by atoms with E-state index >= 15 is 0 Å². The van der Waals surface area contributed by atoms with Crippen LogP contribution in [0.15, 0.2) is 24.3 Å². The monoisotopic (exact) mass is 506 g/mol. The molecule has 1 fully saturated rings. The maximum atomic E-state index is 12.7. The second-order valence-electron chi connectivity index (χ2n) is 10.1. The van der Waals surface area contributed by atoms with E-state index in [-0.39, 0.29) is 35.0 Å². The zero-order valence-corrected chi connectivity index (χ0v) is 21.9. The van der Waals surface area contributed by atoms with Gasteiger partial charge in [0.1, 0.15) is 17.4 Å². The SMILES string of the molecule is COCCNC(=O)[C@@H](C)[C@@H]1CC[C@]2(C)Cc3sc(COc4cccc(Cl)c4)nc3[C@H](C)[C@@H]2[C@H]1O. The molecule has 0 bridgehead atoms. The summed E-state index contributed by atoms with van der Waals surface area (Å²) in [5.41, 5.74) is 1.07. The number of halogens is 1. The highest BCUT2D eigenvalue weighted by Crippen LogP contribution is 2.57. The van der Waals surface area contributed by atoms with Crippen molar-refractivity contribution in [3.8, 4) is 5.75 Å². The molecule has 6 nitrogen and oxygen atoms in total. The van der Waals surface area contributed by atoms with Gasteiger partial charge in [0, 0.05) is 35.4 Å². The van der Waals surface area contributed by atoms with E-state index in [2.05, 4.69) is 19.2 Å². The maximum Gasteiger partial charge on any atom is 0.223 e. The third-order valence-electron chi connectivity index (χ3n) is 7.79. The lowest BCUT2D eigenvalue weighted by molar-refractivity contribution is -0.135. The molecule has 1 heterocycles. The fourth-order valence-corrected chi connectivity index (χ4v) is 7.46. The first-order valence-corrected chi connectivity index (χ1v) is 13.2. The first-order valence-electron chi connectivity index (χ1n) is 12.0. The van der Waals surface area contributed by atoms with Crippen LogP contribution in [0.4, 0.5) is 0 Å². The number of thiazole rings is 1. The molecule has 8 heteroatoms. The molecular formula is C26H35ClN2O4S. The first-order chi connectivity index (χ1) is 16.2. The highest BCUT2D eigenvalue weighted by Gasteiger charge is 2.53. The van der Waals surface area contributed by atoms with E-state index in [0.717, 1.165) is 35.7 Å². The van der Waals surface area contributed by atoms with Crippen molar-refractivity contribution in [2.45, 2.75) is 58.7 Å². The van der Waals surface area contributed by atoms with Crippen molar-refractivity contribution in [3.05, 3.63) is 44.9 Å². The van der Waals surface area contributed by atoms with E-state index in [9.17, 15) is 9.90 Å². The van der Waals surface area contributed by atoms with Gasteiger partial charge in [-0.2, -0.15) is 0 Å². The molecule has 1 aromatic heterocycles. The van der Waals surface area contributed by atoms with E-state index in [0.29, 0.717) is 24.8 Å². The number of rotatable bonds is 8. The Morgan fingerprint density at radius 2 is 2.24 bits per heavy atom. The zero-order valence-electron chi connectivity index (χ0n) is 20.3. The van der Waals surface area contributed by atoms with Crippen LogP contribution in [-0.4, -0.2) is 42.4 Å². The normalized spacial score (nSPS) is 29.1. The van der Waals surface area contributed by atoms with Crippen LogP contribution in [0.5, 0.6) is 5.75 Å². The number of aliphatic hydroxyl groups is 1. The van der Waals surface area contributed by atoms with E-state index in [1.807, 2.05) is 25.1 Å². The van der Waals surface area contributed by atoms with Crippen LogP contribution in [0.2, 0.25) is 5.02 Å². The van der Waals surface area contributed by atoms with Gasteiger partial charge < -0.3 is 19.9 Å². The zero-order chi connectivity index (χ0) is 24.5. The van der Waals surface area contributed by atoms with E-state index in [4.69, 9.17) is 26.1 Å². The number of hydrogen-bond acceptors (Lipinski definition) is 6. The van der Waals surface area contributed by atoms with Gasteiger partial charge in [-0.3, -0.25) is 4.79 Å². The fraction of sp³-hybridized carbons (Fsp3) is 0.615. The third kappa shape index (κ3) is 5.13. The number of carbonyl (C=O) groups excluding carboxylic acids is 1. The van der Waals surface area contributed by atoms with Gasteiger partial charge in [0.05, 0.1) is 18.4 Å². The summed E-state index contributed by atoms with van der Waals surface area (Å²) < 4.78 is 11.0. The smallest absolute Gasteiger partial charge is 0.223 e. The maximum absolute atomic E-state index is 12.7. The summed E-state index contributed by atoms with van der Waals surface area (Å²) in [5, 5.41) is 16.1. The molecule has 2 aromatic rings. The van der Waals surface area contributed by atoms with Crippen molar-refractivity contribution in [2.24, 2.45) is 23.2 Å². The Hall–Kier alpha value is -1.67. The number of hydrogen-bond donors (Lipinski definition) is 2. The highest BCUT2D eigenvalue weighted by molar-refractivity contribution is 7.11. The van der Waals surface area contributed by atoms with Gasteiger partial charge in [0.15, 0.2) is 0 Å². The largest absolute Gasteiger partial charge is 0.486 e. The number of fused-ring (bicyclic) bond motifs is 2. The average Bonchev–Trinajstić information content (AvgIpc) is 3.20. The molecule has 0 unspecified atom stereocenters. The number of nitrogens with one attached hydrogen (secondary N) is 1. The van der Waals surface area contributed by atoms with E-state index in [1.165, 1.54) is 4.88 Å². The summed E-state index contributed by atoms with van der Waals surface area (Å²) in [6.07, 6.45) is 2.20. The van der Waals surface area contributed by atoms with Crippen molar-refractivity contribution < 1.29 is 19.4 Å². The molecule has 1 amide bonds. The van der Waals surface area contributed by atoms with Gasteiger partial charge in [-0.1, -0.05) is 38.4 Å². The number of carbonyl (C=O) groups is 1. The van der Waals surface area contributed by atoms with Crippen LogP contribution in [0.3, 0.4) is 0 Å². The fourth-order valence-electron chi connectivity index (χ4n) is 5.99. The number of ether oxygens (including phenoxy) is 2. The van der Waals surface area contributed by atoms with E-state index < -0.39 is 6.10 Å². The van der Waals surface area contributed by atoms with Gasteiger partial charge >= 0.3 is 0 Å². The molecule has 1 aromatic carbocycles. The Morgan fingerprint density at radius 1 is 1.44 bits per heavy atom. The summed E-state index contributed by atoms with van der Waals surface area (Å²) in [5.74, 6) is 0.590. The Labute approximate surface area is 211 Å². The minimum atomic E-state index is -0.544. The molecule has 1 saturated carbocycles. The first kappa shape index (κ1) is 25.4. The quantitative estimate of drug-likeness (QED) is 0.501. The number of methoxy groups -OCH3 is 1. The lowest BCUT2D eigenvalue weighted by Gasteiger charge is -2.53. The third-order valence-corrected chi connectivity index (χ3v) is 9.07. The Bertz CT molecular complexity index is 1010. The van der Waals surface area contributed by atoms with Crippen molar-refractivity contribution in [1.82, 2.24) is 10.3 Å². The standard InChI is InChI=1S/C26H35ClN2O4S/c1-15(25(31)28-10-11-32-4)19-8-9-26(3)13-20-23(16(2)22(26)24(19)30)29-21(34-20)14-33-18-7-5-6-17(27)12-18/h5-7,12,15-16,19,22,24,30H,8-11,13-14H2,1-4H3,(H,28,31)/t15-,16+,19-,22+,24-,26+/m0/s1. The predicted octanol–water partition coefficient (Wildman–Crippen LogP) is 4.83. The molecule has 0 radical (unpaired) electrons. The summed E-state index contributed by atoms with van der Waals surface area (Å²) >= 11 is 7.78. The Balaban J connectivity index is 1.48. The van der Waals surface area contributed by atoms with Crippen LogP contribution >= 0.6 is 22.9 Å². The topological polar surface area (TPSA) is 80.7 Å². The van der Waals surface area contributed by atoms with Gasteiger partial charge in [0.25, 0.3) is 0 Å². The molecular weight excluding hydrogens is 472 g/mol. The highest BCUT2D eigenvalue weighted by atomic mass is 35.5. The number of aromatic nitrogens is 1. The molecule has 34 heavy (non-hydrogen) atoms. The summed E-state index contributed by atoms with van der Waals surface area (Å²) in [6.45, 7) is 7.78. The lowest BCUT2D eigenvalue weighted by atomic mass is 9.53. The van der Waals surface area contributed by atoms with Crippen molar-refractivity contribution in [3.63, 3.8) is 0 Å². The number of nitrogens with zero attached hydrogens (tertiary/aromatic N) is 1. The van der Waals surface area contributed by atoms with Gasteiger partial charge in [-0.15, -0.1) is 11.3 Å². The molecule has 2 aliphatic carbocycles. The molecule has 6 atom stereocenters. The van der Waals surface area contributed by atoms with Crippen molar-refractivity contribution in [1.29, 1.82) is 0 Å². The summed E-state index contributed by atoms with van der Waals surface area (Å²) in [7, 11) is 1.62. The predicted molar refractivity (Wildman–Crippen MR) is 134 cm³/mol. The number of aliphatic hydroxyl groups excluding tert-OH is 1. The Kier molecular flexibility index (Phi) is 7.87. The second-order valence-corrected chi connectivity index (χ2v) is 11.7. The lowest BCUT2D eigenvalue weighted by Crippen LogP contribution is -2.53. The van der Waals surface area contributed by atoms with Crippen molar-refractivity contribution >= 4 is 28.8 Å². The van der Waals surface area contributed by atoms with Crippen LogP contribution in [0.1, 0.15) is 55.1 Å². The van der Waals surface area contributed by atoms with Gasteiger partial charge in [-0.25, -0.2) is 4.98 Å². The van der Waals surface area contributed by atoms with Gasteiger partial charge in [0.2, 0.25) is 5.91 Å². The van der Waals surface area contributed by atoms with E-state index in [1.54, 1.807) is 24.5 Å². The molecule has 186 valence electrons. The van der Waals surface area contributed by atoms with Crippen LogP contribution in [0, 0.1) is 23.2 Å². The minimum absolute atomic E-state index is 0.00774. The molecule has 4 rings (SSSR count). The summed E-state index contributed by atoms with van der Waals surface area (Å²) in [4.78, 5) is 18.9. The molecule has 0 aliphatic heterocycles. The molecule has 0 spiro atoms. The number of amides is 1. The molecule has 0 saturated heterocycles. The Morgan fingerprint density at radius 3 is 2.97 bits per heavy atom. The van der Waals surface area contributed by atoms with Crippen LogP contribution < -0.4 is 10.1 Å². The molecule has 2 aliphatic rings. The van der Waals surface area contributed by atoms with Crippen LogP contribution in [0.25, 0.3) is 0 Å². The number of benzene rings is 1. The second kappa shape index (κ2) is 10.5. The summed E-state index contributed by atoms with van der Waals surface area (Å²) in [6, 6.07) is 7.38. The van der Waals surface area contributed by atoms with Crippen molar-refractivity contribution in [2.75, 3.05) is 20.3 Å². The minimum Gasteiger partial charge on any atom is -0.486 e. The molecule has 2 N–H and O–H groups in total.